The highest BCUT2D eigenvalue weighted by Gasteiger charge is 2.32. The van der Waals surface area contributed by atoms with Gasteiger partial charge in [0.05, 0.1) is 17.7 Å². The molecule has 0 fully saturated rings. The van der Waals surface area contributed by atoms with E-state index < -0.39 is 28.5 Å². The van der Waals surface area contributed by atoms with Gasteiger partial charge in [-0.3, -0.25) is 13.9 Å². The van der Waals surface area contributed by atoms with E-state index in [9.17, 15) is 18.0 Å². The molecular weight excluding hydrogens is 490 g/mol. The zero-order valence-corrected chi connectivity index (χ0v) is 22.1. The lowest BCUT2D eigenvalue weighted by molar-refractivity contribution is -0.139. The van der Waals surface area contributed by atoms with E-state index in [1.165, 1.54) is 24.1 Å². The molecule has 0 aromatic heterocycles. The normalized spacial score (nSPS) is 11.9. The van der Waals surface area contributed by atoms with Gasteiger partial charge in [-0.2, -0.15) is 0 Å². The zero-order valence-electron chi connectivity index (χ0n) is 21.3. The van der Waals surface area contributed by atoms with Crippen molar-refractivity contribution in [1.29, 1.82) is 0 Å². The number of sulfonamides is 1. The summed E-state index contributed by atoms with van der Waals surface area (Å²) in [5, 5.41) is 2.83. The number of nitrogens with one attached hydrogen (secondary N) is 1. The minimum atomic E-state index is -4.09. The molecular formula is C28H33N3O5S. The molecule has 196 valence electrons. The highest BCUT2D eigenvalue weighted by molar-refractivity contribution is 7.92. The number of anilines is 1. The quantitative estimate of drug-likeness (QED) is 0.389. The summed E-state index contributed by atoms with van der Waals surface area (Å²) in [6, 6.07) is 22.9. The Morgan fingerprint density at radius 2 is 1.51 bits per heavy atom. The van der Waals surface area contributed by atoms with Crippen molar-refractivity contribution in [3.63, 3.8) is 0 Å². The van der Waals surface area contributed by atoms with Crippen LogP contribution in [0.25, 0.3) is 0 Å². The van der Waals surface area contributed by atoms with E-state index >= 15 is 0 Å². The molecule has 8 nitrogen and oxygen atoms in total. The summed E-state index contributed by atoms with van der Waals surface area (Å²) in [4.78, 5) is 28.1. The first-order valence-corrected chi connectivity index (χ1v) is 13.5. The Morgan fingerprint density at radius 3 is 2.08 bits per heavy atom. The van der Waals surface area contributed by atoms with Crippen molar-refractivity contribution in [3.05, 3.63) is 90.5 Å². The van der Waals surface area contributed by atoms with Crippen LogP contribution in [-0.2, 0) is 26.2 Å². The fraction of sp³-hybridized carbons (Fsp3) is 0.286. The first-order chi connectivity index (χ1) is 17.8. The third kappa shape index (κ3) is 7.10. The number of hydrogen-bond acceptors (Lipinski definition) is 5. The lowest BCUT2D eigenvalue weighted by Gasteiger charge is -2.32. The molecule has 0 saturated heterocycles. The van der Waals surface area contributed by atoms with E-state index in [1.54, 1.807) is 49.4 Å². The van der Waals surface area contributed by atoms with Crippen molar-refractivity contribution < 1.29 is 22.7 Å². The van der Waals surface area contributed by atoms with E-state index in [-0.39, 0.29) is 17.3 Å². The lowest BCUT2D eigenvalue weighted by atomic mass is 10.1. The number of methoxy groups -OCH3 is 1. The second-order valence-electron chi connectivity index (χ2n) is 8.50. The van der Waals surface area contributed by atoms with Gasteiger partial charge < -0.3 is 15.0 Å². The highest BCUT2D eigenvalue weighted by atomic mass is 32.2. The smallest absolute Gasteiger partial charge is 0.264 e. The Hall–Kier alpha value is -3.85. The number of rotatable bonds is 12. The van der Waals surface area contributed by atoms with Crippen LogP contribution in [0, 0.1) is 0 Å². The Labute approximate surface area is 218 Å². The first-order valence-electron chi connectivity index (χ1n) is 12.1. The summed E-state index contributed by atoms with van der Waals surface area (Å²) in [7, 11) is -2.57. The van der Waals surface area contributed by atoms with Gasteiger partial charge in [0.25, 0.3) is 10.0 Å². The number of hydrogen-bond donors (Lipinski definition) is 1. The molecule has 3 aromatic rings. The molecule has 9 heteroatoms. The van der Waals surface area contributed by atoms with E-state index in [4.69, 9.17) is 4.74 Å². The molecule has 3 rings (SSSR count). The average molecular weight is 524 g/mol. The summed E-state index contributed by atoms with van der Waals surface area (Å²) >= 11 is 0. The Bertz CT molecular complexity index is 1270. The SMILES string of the molecule is CCCNC(=O)[C@H](C)N(Cc1ccccc1)C(=O)CN(c1ccc(OC)cc1)S(=O)(=O)c1ccccc1. The van der Waals surface area contributed by atoms with E-state index in [2.05, 4.69) is 5.32 Å². The molecule has 0 saturated carbocycles. The zero-order chi connectivity index (χ0) is 26.8. The summed E-state index contributed by atoms with van der Waals surface area (Å²) in [6.45, 7) is 3.75. The third-order valence-corrected chi connectivity index (χ3v) is 7.67. The van der Waals surface area contributed by atoms with Crippen molar-refractivity contribution in [1.82, 2.24) is 10.2 Å². The van der Waals surface area contributed by atoms with Gasteiger partial charge in [0.15, 0.2) is 0 Å². The summed E-state index contributed by atoms with van der Waals surface area (Å²) in [5.41, 5.74) is 1.13. The van der Waals surface area contributed by atoms with Crippen LogP contribution in [-0.4, -0.2) is 51.4 Å². The van der Waals surface area contributed by atoms with Crippen LogP contribution < -0.4 is 14.4 Å². The minimum Gasteiger partial charge on any atom is -0.497 e. The highest BCUT2D eigenvalue weighted by Crippen LogP contribution is 2.26. The Balaban J connectivity index is 1.99. The second kappa shape index (κ2) is 12.9. The molecule has 0 radical (unpaired) electrons. The standard InChI is InChI=1S/C28H33N3O5S/c1-4-19-29-28(33)22(2)30(20-23-11-7-5-8-12-23)27(32)21-31(24-15-17-25(36-3)18-16-24)37(34,35)26-13-9-6-10-14-26/h5-18,22H,4,19-21H2,1-3H3,(H,29,33)/t22-/m0/s1. The third-order valence-electron chi connectivity index (χ3n) is 5.88. The van der Waals surface area contributed by atoms with Crippen molar-refractivity contribution in [2.75, 3.05) is 24.5 Å². The number of carbonyl (C=O) groups excluding carboxylic acids is 2. The van der Waals surface area contributed by atoms with Gasteiger partial charge in [-0.25, -0.2) is 8.42 Å². The molecule has 0 spiro atoms. The van der Waals surface area contributed by atoms with Crippen molar-refractivity contribution in [3.8, 4) is 5.75 Å². The fourth-order valence-electron chi connectivity index (χ4n) is 3.76. The van der Waals surface area contributed by atoms with Gasteiger partial charge in [0.2, 0.25) is 11.8 Å². The van der Waals surface area contributed by atoms with Crippen LogP contribution in [0.2, 0.25) is 0 Å². The maximum absolute atomic E-state index is 13.8. The summed E-state index contributed by atoms with van der Waals surface area (Å²) in [5.74, 6) is -0.245. The average Bonchev–Trinajstić information content (AvgIpc) is 2.93. The topological polar surface area (TPSA) is 96.0 Å². The summed E-state index contributed by atoms with van der Waals surface area (Å²) < 4.78 is 33.7. The van der Waals surface area contributed by atoms with Gasteiger partial charge in [-0.1, -0.05) is 55.5 Å². The van der Waals surface area contributed by atoms with Crippen LogP contribution in [0.15, 0.2) is 89.8 Å². The van der Waals surface area contributed by atoms with Crippen LogP contribution in [0.5, 0.6) is 5.75 Å². The molecule has 37 heavy (non-hydrogen) atoms. The predicted octanol–water partition coefficient (Wildman–Crippen LogP) is 3.83. The second-order valence-corrected chi connectivity index (χ2v) is 10.4. The van der Waals surface area contributed by atoms with Crippen LogP contribution in [0.1, 0.15) is 25.8 Å². The predicted molar refractivity (Wildman–Crippen MR) is 144 cm³/mol. The molecule has 1 N–H and O–H groups in total. The van der Waals surface area contributed by atoms with Gasteiger partial charge in [-0.15, -0.1) is 0 Å². The first kappa shape index (κ1) is 27.7. The van der Waals surface area contributed by atoms with Gasteiger partial charge in [0.1, 0.15) is 18.3 Å². The van der Waals surface area contributed by atoms with Crippen molar-refractivity contribution >= 4 is 27.5 Å². The number of carbonyl (C=O) groups is 2. The molecule has 1 atom stereocenters. The van der Waals surface area contributed by atoms with Gasteiger partial charge in [-0.05, 0) is 55.3 Å². The minimum absolute atomic E-state index is 0.0574. The largest absolute Gasteiger partial charge is 0.497 e. The maximum Gasteiger partial charge on any atom is 0.264 e. The molecule has 0 bridgehead atoms. The van der Waals surface area contributed by atoms with E-state index in [0.29, 0.717) is 18.0 Å². The monoisotopic (exact) mass is 523 g/mol. The maximum atomic E-state index is 13.8. The number of nitrogens with zero attached hydrogens (tertiary/aromatic N) is 2. The van der Waals surface area contributed by atoms with Crippen LogP contribution in [0.4, 0.5) is 5.69 Å². The van der Waals surface area contributed by atoms with E-state index in [1.807, 2.05) is 37.3 Å². The number of ether oxygens (including phenoxy) is 1. The lowest BCUT2D eigenvalue weighted by Crippen LogP contribution is -2.51. The van der Waals surface area contributed by atoms with Crippen molar-refractivity contribution in [2.45, 2.75) is 37.8 Å². The molecule has 0 heterocycles. The summed E-state index contributed by atoms with van der Waals surface area (Å²) in [6.07, 6.45) is 0.756. The molecule has 0 aliphatic rings. The number of amides is 2. The molecule has 0 aliphatic carbocycles. The molecule has 2 amide bonds. The van der Waals surface area contributed by atoms with Gasteiger partial charge >= 0.3 is 0 Å². The van der Waals surface area contributed by atoms with E-state index in [0.717, 1.165) is 16.3 Å². The molecule has 3 aromatic carbocycles. The van der Waals surface area contributed by atoms with Crippen LogP contribution in [0.3, 0.4) is 0 Å². The van der Waals surface area contributed by atoms with Crippen molar-refractivity contribution in [2.24, 2.45) is 0 Å². The fourth-order valence-corrected chi connectivity index (χ4v) is 5.19. The molecule has 0 aliphatic heterocycles. The molecule has 0 unspecified atom stereocenters. The number of benzene rings is 3. The Kier molecular flexibility index (Phi) is 9.68. The Morgan fingerprint density at radius 1 is 0.919 bits per heavy atom. The van der Waals surface area contributed by atoms with Gasteiger partial charge in [0, 0.05) is 13.1 Å². The van der Waals surface area contributed by atoms with Crippen LogP contribution >= 0.6 is 0 Å².